The van der Waals surface area contributed by atoms with Crippen LogP contribution in [0.5, 0.6) is 0 Å². The van der Waals surface area contributed by atoms with E-state index in [0.29, 0.717) is 12.6 Å². The molecule has 1 aliphatic rings. The Bertz CT molecular complexity index is 448. The zero-order valence-corrected chi connectivity index (χ0v) is 11.8. The van der Waals surface area contributed by atoms with Gasteiger partial charge in [0.25, 0.3) is 0 Å². The number of aliphatic hydroxyl groups is 1. The van der Waals surface area contributed by atoms with E-state index < -0.39 is 5.60 Å². The minimum atomic E-state index is -1.000. The number of rotatable bonds is 5. The lowest BCUT2D eigenvalue weighted by Crippen LogP contribution is -2.39. The van der Waals surface area contributed by atoms with Gasteiger partial charge < -0.3 is 15.7 Å². The zero-order valence-electron chi connectivity index (χ0n) is 11.8. The highest BCUT2D eigenvalue weighted by molar-refractivity contribution is 5.80. The van der Waals surface area contributed by atoms with Crippen LogP contribution in [0.4, 0.5) is 0 Å². The molecular weight excluding hydrogens is 242 g/mol. The topological polar surface area (TPSA) is 74.5 Å². The van der Waals surface area contributed by atoms with Crippen molar-refractivity contribution in [3.8, 4) is 0 Å². The molecule has 1 fully saturated rings. The van der Waals surface area contributed by atoms with Gasteiger partial charge in [-0.15, -0.1) is 0 Å². The summed E-state index contributed by atoms with van der Waals surface area (Å²) in [6.45, 7) is 4.91. The predicted molar refractivity (Wildman–Crippen MR) is 74.9 cm³/mol. The molecule has 1 atom stereocenters. The Morgan fingerprint density at radius 3 is 2.89 bits per heavy atom. The minimum Gasteiger partial charge on any atom is -0.383 e. The third-order valence-electron chi connectivity index (χ3n) is 3.13. The molecule has 1 aliphatic carbocycles. The van der Waals surface area contributed by atoms with E-state index >= 15 is 0 Å². The van der Waals surface area contributed by atoms with Crippen LogP contribution < -0.4 is 10.6 Å². The van der Waals surface area contributed by atoms with Gasteiger partial charge in [-0.25, -0.2) is 4.99 Å². The van der Waals surface area contributed by atoms with Crippen molar-refractivity contribution in [1.82, 2.24) is 20.4 Å². The Labute approximate surface area is 113 Å². The second-order valence-corrected chi connectivity index (χ2v) is 5.29. The molecule has 0 spiro atoms. The molecule has 0 radical (unpaired) electrons. The van der Waals surface area contributed by atoms with Gasteiger partial charge in [-0.05, 0) is 26.7 Å². The molecule has 0 saturated heterocycles. The number of aliphatic imine (C=N–C) groups is 1. The van der Waals surface area contributed by atoms with Crippen LogP contribution in [0.2, 0.25) is 0 Å². The fourth-order valence-electron chi connectivity index (χ4n) is 1.76. The molecule has 3 N–H and O–H groups in total. The van der Waals surface area contributed by atoms with E-state index in [1.165, 1.54) is 12.8 Å². The van der Waals surface area contributed by atoms with Crippen molar-refractivity contribution in [2.75, 3.05) is 13.1 Å². The average Bonchev–Trinajstić information content (AvgIpc) is 3.05. The summed E-state index contributed by atoms with van der Waals surface area (Å²) in [4.78, 5) is 4.46. The monoisotopic (exact) mass is 265 g/mol. The summed E-state index contributed by atoms with van der Waals surface area (Å²) < 4.78 is 1.68. The molecule has 6 heteroatoms. The van der Waals surface area contributed by atoms with Crippen molar-refractivity contribution in [1.29, 1.82) is 0 Å². The van der Waals surface area contributed by atoms with Crippen LogP contribution in [0, 0.1) is 0 Å². The summed E-state index contributed by atoms with van der Waals surface area (Å²) >= 11 is 0. The summed E-state index contributed by atoms with van der Waals surface area (Å²) in [6, 6.07) is 0.543. The van der Waals surface area contributed by atoms with Gasteiger partial charge in [0.2, 0.25) is 0 Å². The van der Waals surface area contributed by atoms with Crippen LogP contribution in [0.3, 0.4) is 0 Å². The number of nitrogens with one attached hydrogen (secondary N) is 2. The van der Waals surface area contributed by atoms with Gasteiger partial charge in [-0.2, -0.15) is 5.10 Å². The van der Waals surface area contributed by atoms with Gasteiger partial charge in [0.05, 0.1) is 12.7 Å². The van der Waals surface area contributed by atoms with Crippen LogP contribution in [0.25, 0.3) is 0 Å². The largest absolute Gasteiger partial charge is 0.383 e. The summed E-state index contributed by atoms with van der Waals surface area (Å²) in [5.41, 5.74) is -0.221. The van der Waals surface area contributed by atoms with Crippen LogP contribution >= 0.6 is 0 Å². The van der Waals surface area contributed by atoms with E-state index in [1.54, 1.807) is 17.8 Å². The molecule has 1 unspecified atom stereocenters. The maximum Gasteiger partial charge on any atom is 0.191 e. The molecule has 0 aromatic carbocycles. The predicted octanol–water partition coefficient (Wildman–Crippen LogP) is 0.345. The highest BCUT2D eigenvalue weighted by Gasteiger charge is 2.26. The maximum atomic E-state index is 10.5. The number of nitrogens with zero attached hydrogens (tertiary/aromatic N) is 3. The highest BCUT2D eigenvalue weighted by atomic mass is 16.3. The summed E-state index contributed by atoms with van der Waals surface area (Å²) in [5.74, 6) is 0.772. The van der Waals surface area contributed by atoms with Gasteiger partial charge >= 0.3 is 0 Å². The van der Waals surface area contributed by atoms with Gasteiger partial charge in [0, 0.05) is 31.4 Å². The summed E-state index contributed by atoms with van der Waals surface area (Å²) in [6.07, 6.45) is 5.89. The number of hydrogen-bond acceptors (Lipinski definition) is 3. The average molecular weight is 265 g/mol. The fourth-order valence-corrected chi connectivity index (χ4v) is 1.76. The Kier molecular flexibility index (Phi) is 4.09. The fraction of sp³-hybridized carbons (Fsp3) is 0.692. The number of guanidine groups is 1. The van der Waals surface area contributed by atoms with Crippen molar-refractivity contribution >= 4 is 5.96 Å². The summed E-state index contributed by atoms with van der Waals surface area (Å²) in [7, 11) is 1.83. The van der Waals surface area contributed by atoms with Crippen molar-refractivity contribution < 1.29 is 5.11 Å². The van der Waals surface area contributed by atoms with Crippen LogP contribution in [-0.2, 0) is 12.6 Å². The van der Waals surface area contributed by atoms with Crippen molar-refractivity contribution in [3.05, 3.63) is 18.0 Å². The Morgan fingerprint density at radius 2 is 2.37 bits per heavy atom. The molecule has 0 bridgehead atoms. The van der Waals surface area contributed by atoms with Crippen LogP contribution in [-0.4, -0.2) is 40.0 Å². The molecule has 19 heavy (non-hydrogen) atoms. The van der Waals surface area contributed by atoms with Gasteiger partial charge in [0.15, 0.2) is 5.96 Å². The minimum absolute atomic E-state index is 0.306. The first-order valence-corrected chi connectivity index (χ1v) is 6.77. The van der Waals surface area contributed by atoms with E-state index in [1.807, 2.05) is 20.2 Å². The first-order valence-electron chi connectivity index (χ1n) is 6.77. The molecule has 106 valence electrons. The lowest BCUT2D eigenvalue weighted by Gasteiger charge is -2.20. The zero-order chi connectivity index (χ0) is 13.9. The van der Waals surface area contributed by atoms with Crippen molar-refractivity contribution in [2.45, 2.75) is 38.3 Å². The molecule has 1 aromatic heterocycles. The lowest BCUT2D eigenvalue weighted by atomic mass is 10.0. The quantitative estimate of drug-likeness (QED) is 0.530. The second-order valence-electron chi connectivity index (χ2n) is 5.29. The Balaban J connectivity index is 2.00. The molecule has 1 saturated carbocycles. The van der Waals surface area contributed by atoms with Gasteiger partial charge in [0.1, 0.15) is 5.60 Å². The standard InChI is InChI=1S/C13H23N5O/c1-4-14-12(17-11-5-6-11)15-9-13(2,19)10-7-16-18(3)8-10/h7-8,11,19H,4-6,9H2,1-3H3,(H2,14,15,17). The lowest BCUT2D eigenvalue weighted by molar-refractivity contribution is 0.0672. The first kappa shape index (κ1) is 13.9. The van der Waals surface area contributed by atoms with E-state index in [9.17, 15) is 5.11 Å². The molecule has 0 aliphatic heterocycles. The summed E-state index contributed by atoms with van der Waals surface area (Å²) in [5, 5.41) is 21.0. The smallest absolute Gasteiger partial charge is 0.191 e. The maximum absolute atomic E-state index is 10.5. The SMILES string of the molecule is CCNC(=NCC(C)(O)c1cnn(C)c1)NC1CC1. The second kappa shape index (κ2) is 5.61. The molecular formula is C13H23N5O. The third-order valence-corrected chi connectivity index (χ3v) is 3.13. The number of aryl methyl sites for hydroxylation is 1. The first-order chi connectivity index (χ1) is 9.01. The van der Waals surface area contributed by atoms with Crippen LogP contribution in [0.1, 0.15) is 32.3 Å². The van der Waals surface area contributed by atoms with Crippen molar-refractivity contribution in [2.24, 2.45) is 12.0 Å². The molecule has 1 heterocycles. The molecule has 1 aromatic rings. The van der Waals surface area contributed by atoms with Gasteiger partial charge in [-0.1, -0.05) is 0 Å². The molecule has 0 amide bonds. The highest BCUT2D eigenvalue weighted by Crippen LogP contribution is 2.21. The van der Waals surface area contributed by atoms with Gasteiger partial charge in [-0.3, -0.25) is 4.68 Å². The van der Waals surface area contributed by atoms with E-state index in [0.717, 1.165) is 18.1 Å². The number of hydrogen-bond donors (Lipinski definition) is 3. The van der Waals surface area contributed by atoms with Crippen molar-refractivity contribution in [3.63, 3.8) is 0 Å². The third kappa shape index (κ3) is 3.96. The molecule has 2 rings (SSSR count). The normalized spacial score (nSPS) is 19.1. The number of aromatic nitrogens is 2. The van der Waals surface area contributed by atoms with E-state index in [-0.39, 0.29) is 0 Å². The van der Waals surface area contributed by atoms with E-state index in [2.05, 4.69) is 20.7 Å². The molecule has 6 nitrogen and oxygen atoms in total. The van der Waals surface area contributed by atoms with Crippen LogP contribution in [0.15, 0.2) is 17.4 Å². The Hall–Kier alpha value is -1.56. The Morgan fingerprint density at radius 1 is 1.63 bits per heavy atom. The van der Waals surface area contributed by atoms with E-state index in [4.69, 9.17) is 0 Å².